The van der Waals surface area contributed by atoms with Gasteiger partial charge in [0.1, 0.15) is 11.6 Å². The number of likely N-dealkylation sites (tertiary alicyclic amines) is 1. The lowest BCUT2D eigenvalue weighted by molar-refractivity contribution is -0.156. The maximum absolute atomic E-state index is 14.1. The minimum absolute atomic E-state index is 0.0735. The van der Waals surface area contributed by atoms with Crippen LogP contribution in [0, 0.1) is 17.8 Å². The summed E-state index contributed by atoms with van der Waals surface area (Å²) in [5.41, 5.74) is -1.07. The molecule has 2 unspecified atom stereocenters. The van der Waals surface area contributed by atoms with Crippen molar-refractivity contribution in [2.75, 3.05) is 26.3 Å². The molecule has 3 rings (SSSR count). The molecule has 2 bridgehead atoms. The second-order valence-electron chi connectivity index (χ2n) is 9.83. The average Bonchev–Trinajstić information content (AvgIpc) is 3.41. The molecule has 1 spiro atoms. The summed E-state index contributed by atoms with van der Waals surface area (Å²) >= 11 is 0. The number of hydrogen-bond acceptors (Lipinski definition) is 6. The molecule has 8 heteroatoms. The Labute approximate surface area is 197 Å². The van der Waals surface area contributed by atoms with Crippen LogP contribution in [0.1, 0.15) is 59.8 Å². The quantitative estimate of drug-likeness (QED) is 0.270. The summed E-state index contributed by atoms with van der Waals surface area (Å²) in [5, 5.41) is 10.2. The van der Waals surface area contributed by atoms with Crippen molar-refractivity contribution in [1.29, 1.82) is 0 Å². The highest BCUT2D eigenvalue weighted by molar-refractivity contribution is 5.98. The van der Waals surface area contributed by atoms with Crippen molar-refractivity contribution in [3.63, 3.8) is 0 Å². The minimum Gasteiger partial charge on any atom is -0.466 e. The lowest BCUT2D eigenvalue weighted by Gasteiger charge is -2.40. The molecule has 186 valence electrons. The van der Waals surface area contributed by atoms with Gasteiger partial charge in [0.15, 0.2) is 0 Å². The van der Waals surface area contributed by atoms with Crippen molar-refractivity contribution in [1.82, 2.24) is 9.80 Å². The van der Waals surface area contributed by atoms with Gasteiger partial charge in [-0.1, -0.05) is 39.7 Å². The van der Waals surface area contributed by atoms with Crippen LogP contribution in [0.3, 0.4) is 0 Å². The number of carbonyl (C=O) groups excluding carboxylic acids is 3. The third-order valence-corrected chi connectivity index (χ3v) is 7.54. The number of ether oxygens (including phenoxy) is 2. The van der Waals surface area contributed by atoms with E-state index in [1.807, 2.05) is 13.8 Å². The second kappa shape index (κ2) is 10.6. The number of nitrogens with zero attached hydrogens (tertiary/aromatic N) is 2. The molecule has 3 fully saturated rings. The first-order valence-corrected chi connectivity index (χ1v) is 12.5. The third kappa shape index (κ3) is 4.32. The first-order valence-electron chi connectivity index (χ1n) is 12.5. The number of aliphatic hydroxyl groups is 1. The summed E-state index contributed by atoms with van der Waals surface area (Å²) in [7, 11) is 0. The maximum Gasteiger partial charge on any atom is 0.312 e. The normalized spacial score (nSPS) is 31.1. The van der Waals surface area contributed by atoms with Gasteiger partial charge in [-0.25, -0.2) is 0 Å². The van der Waals surface area contributed by atoms with Crippen LogP contribution in [0.4, 0.5) is 0 Å². The van der Waals surface area contributed by atoms with E-state index in [0.717, 1.165) is 19.3 Å². The minimum atomic E-state index is -1.07. The molecule has 3 saturated heterocycles. The van der Waals surface area contributed by atoms with E-state index in [-0.39, 0.29) is 30.9 Å². The summed E-state index contributed by atoms with van der Waals surface area (Å²) < 4.78 is 11.7. The second-order valence-corrected chi connectivity index (χ2v) is 9.83. The van der Waals surface area contributed by atoms with E-state index in [2.05, 4.69) is 13.5 Å². The van der Waals surface area contributed by atoms with Gasteiger partial charge in [-0.15, -0.1) is 6.58 Å². The summed E-state index contributed by atoms with van der Waals surface area (Å²) in [6, 6.07) is -1.42. The number of hydrogen-bond donors (Lipinski definition) is 1. The topological polar surface area (TPSA) is 96.4 Å². The zero-order valence-electron chi connectivity index (χ0n) is 20.5. The Bertz CT molecular complexity index is 755. The Morgan fingerprint density at radius 3 is 2.67 bits per heavy atom. The standard InChI is InChI=1S/C25H40N2O6/c1-6-9-10-14-26(13-7-2)23(30)21-25-12-11-18(33-25)19(24(31)32-8-3)20(25)22(29)27(21)17(15-28)16(4)5/h7,16-21,28H,2,6,8-15H2,1,3-5H3/t17-,18-,19+,20-,21?,25?/m0/s1. The van der Waals surface area contributed by atoms with Crippen LogP contribution in [-0.4, -0.2) is 82.8 Å². The molecular weight excluding hydrogens is 424 g/mol. The van der Waals surface area contributed by atoms with Crippen LogP contribution in [0.25, 0.3) is 0 Å². The molecule has 3 aliphatic rings. The van der Waals surface area contributed by atoms with Crippen molar-refractivity contribution < 1.29 is 29.0 Å². The number of fused-ring (bicyclic) bond motifs is 1. The van der Waals surface area contributed by atoms with Crippen molar-refractivity contribution in [3.05, 3.63) is 12.7 Å². The van der Waals surface area contributed by atoms with E-state index in [1.54, 1.807) is 22.8 Å². The molecule has 3 heterocycles. The summed E-state index contributed by atoms with van der Waals surface area (Å²) in [6.07, 6.45) is 5.29. The monoisotopic (exact) mass is 464 g/mol. The Hall–Kier alpha value is -1.93. The zero-order chi connectivity index (χ0) is 24.3. The third-order valence-electron chi connectivity index (χ3n) is 7.54. The Morgan fingerprint density at radius 1 is 1.36 bits per heavy atom. The van der Waals surface area contributed by atoms with Gasteiger partial charge in [0.05, 0.1) is 37.2 Å². The van der Waals surface area contributed by atoms with Gasteiger partial charge < -0.3 is 24.4 Å². The number of rotatable bonds is 12. The average molecular weight is 465 g/mol. The van der Waals surface area contributed by atoms with Gasteiger partial charge in [0, 0.05) is 13.1 Å². The van der Waals surface area contributed by atoms with E-state index in [4.69, 9.17) is 9.47 Å². The maximum atomic E-state index is 14.1. The molecule has 33 heavy (non-hydrogen) atoms. The van der Waals surface area contributed by atoms with Crippen molar-refractivity contribution in [2.24, 2.45) is 17.8 Å². The SMILES string of the molecule is C=CCN(CCCCC)C(=O)C1N([C@@H](CO)C(C)C)C(=O)[C@@H]2[C@H](C(=O)OCC)[C@@H]3CCC12O3. The fraction of sp³-hybridized carbons (Fsp3) is 0.800. The van der Waals surface area contributed by atoms with E-state index in [1.165, 1.54) is 0 Å². The molecule has 0 aromatic rings. The van der Waals surface area contributed by atoms with Gasteiger partial charge in [-0.3, -0.25) is 14.4 Å². The van der Waals surface area contributed by atoms with Crippen LogP contribution in [0.15, 0.2) is 12.7 Å². The lowest BCUT2D eigenvalue weighted by Crippen LogP contribution is -2.59. The van der Waals surface area contributed by atoms with Crippen molar-refractivity contribution in [3.8, 4) is 0 Å². The largest absolute Gasteiger partial charge is 0.466 e. The Morgan fingerprint density at radius 2 is 2.09 bits per heavy atom. The Balaban J connectivity index is 2.04. The molecule has 0 aromatic heterocycles. The lowest BCUT2D eigenvalue weighted by atomic mass is 9.70. The smallest absolute Gasteiger partial charge is 0.312 e. The predicted molar refractivity (Wildman–Crippen MR) is 123 cm³/mol. The highest BCUT2D eigenvalue weighted by Crippen LogP contribution is 2.59. The Kier molecular flexibility index (Phi) is 8.22. The summed E-state index contributed by atoms with van der Waals surface area (Å²) in [5.74, 6) is -2.47. The first kappa shape index (κ1) is 25.7. The number of aliphatic hydroxyl groups excluding tert-OH is 1. The highest BCUT2D eigenvalue weighted by Gasteiger charge is 2.75. The van der Waals surface area contributed by atoms with E-state index in [9.17, 15) is 19.5 Å². The van der Waals surface area contributed by atoms with Crippen LogP contribution < -0.4 is 0 Å². The number of amides is 2. The van der Waals surface area contributed by atoms with Gasteiger partial charge in [-0.2, -0.15) is 0 Å². The van der Waals surface area contributed by atoms with E-state index in [0.29, 0.717) is 25.9 Å². The predicted octanol–water partition coefficient (Wildman–Crippen LogP) is 2.15. The van der Waals surface area contributed by atoms with Crippen molar-refractivity contribution >= 4 is 17.8 Å². The molecular formula is C25H40N2O6. The van der Waals surface area contributed by atoms with Crippen LogP contribution >= 0.6 is 0 Å². The molecule has 0 radical (unpaired) electrons. The van der Waals surface area contributed by atoms with Gasteiger partial charge in [0.25, 0.3) is 0 Å². The van der Waals surface area contributed by atoms with E-state index < -0.39 is 41.6 Å². The molecule has 6 atom stereocenters. The van der Waals surface area contributed by atoms with E-state index >= 15 is 0 Å². The van der Waals surface area contributed by atoms with Crippen LogP contribution in [0.5, 0.6) is 0 Å². The molecule has 0 saturated carbocycles. The molecule has 0 aromatic carbocycles. The van der Waals surface area contributed by atoms with Crippen LogP contribution in [0.2, 0.25) is 0 Å². The number of unbranched alkanes of at least 4 members (excludes halogenated alkanes) is 2. The molecule has 2 amide bonds. The molecule has 1 N–H and O–H groups in total. The number of esters is 1. The zero-order valence-corrected chi connectivity index (χ0v) is 20.5. The number of carbonyl (C=O) groups is 3. The van der Waals surface area contributed by atoms with Gasteiger partial charge >= 0.3 is 5.97 Å². The van der Waals surface area contributed by atoms with Gasteiger partial charge in [-0.05, 0) is 32.1 Å². The van der Waals surface area contributed by atoms with Crippen molar-refractivity contribution in [2.45, 2.75) is 83.6 Å². The fourth-order valence-electron chi connectivity index (χ4n) is 6.03. The van der Waals surface area contributed by atoms with Gasteiger partial charge in [0.2, 0.25) is 11.8 Å². The van der Waals surface area contributed by atoms with Crippen LogP contribution in [-0.2, 0) is 23.9 Å². The summed E-state index contributed by atoms with van der Waals surface area (Å²) in [4.78, 5) is 44.1. The molecule has 0 aliphatic carbocycles. The molecule has 3 aliphatic heterocycles. The fourth-order valence-corrected chi connectivity index (χ4v) is 6.03. The summed E-state index contributed by atoms with van der Waals surface area (Å²) in [6.45, 7) is 12.4. The molecule has 8 nitrogen and oxygen atoms in total. The highest BCUT2D eigenvalue weighted by atomic mass is 16.6. The first-order chi connectivity index (χ1) is 15.8.